The molecule has 3 N–H and O–H groups in total. The Morgan fingerprint density at radius 3 is 2.15 bits per heavy atom. The molecule has 1 aliphatic carbocycles. The number of anilines is 3. The van der Waals surface area contributed by atoms with Crippen LogP contribution in [0.4, 0.5) is 17.1 Å². The standard InChI is InChI=1S/C23H24ClN3O5S/c1-13-5-7-14(8-6-13)23(11-4-12-23)26-18-17(20(29)21(18)30)25-16-10-9-15(24)22(19(16)28)33(31,32)27(2)3/h5-10,25-26,28H,4,11-12H2,1-3H3. The maximum Gasteiger partial charge on any atom is 0.253 e. The molecule has 3 aromatic carbocycles. The van der Waals surface area contributed by atoms with E-state index < -0.39 is 37.1 Å². The molecule has 10 heteroatoms. The molecule has 0 amide bonds. The van der Waals surface area contributed by atoms with E-state index in [0.29, 0.717) is 0 Å². The highest BCUT2D eigenvalue weighted by atomic mass is 35.5. The number of phenolic OH excluding ortho intramolecular Hbond substituents is 1. The number of rotatable bonds is 7. The number of nitrogens with zero attached hydrogens (tertiary/aromatic N) is 1. The van der Waals surface area contributed by atoms with Crippen LogP contribution in [0.3, 0.4) is 0 Å². The molecule has 0 atom stereocenters. The first-order valence-corrected chi connectivity index (χ1v) is 12.2. The highest BCUT2D eigenvalue weighted by Crippen LogP contribution is 2.45. The predicted molar refractivity (Wildman–Crippen MR) is 129 cm³/mol. The first-order valence-electron chi connectivity index (χ1n) is 10.4. The number of halogens is 1. The topological polar surface area (TPSA) is 116 Å². The Labute approximate surface area is 196 Å². The van der Waals surface area contributed by atoms with E-state index in [0.717, 1.165) is 34.7 Å². The van der Waals surface area contributed by atoms with Crippen LogP contribution in [-0.4, -0.2) is 31.9 Å². The number of phenols is 1. The van der Waals surface area contributed by atoms with Crippen LogP contribution in [0, 0.1) is 6.92 Å². The van der Waals surface area contributed by atoms with Gasteiger partial charge in [-0.25, -0.2) is 12.7 Å². The van der Waals surface area contributed by atoms with E-state index in [2.05, 4.69) is 10.6 Å². The van der Waals surface area contributed by atoms with Crippen LogP contribution in [0.2, 0.25) is 5.02 Å². The zero-order valence-electron chi connectivity index (χ0n) is 18.4. The average molecular weight is 490 g/mol. The van der Waals surface area contributed by atoms with Crippen molar-refractivity contribution in [1.82, 2.24) is 4.31 Å². The van der Waals surface area contributed by atoms with E-state index in [1.165, 1.54) is 26.2 Å². The summed E-state index contributed by atoms with van der Waals surface area (Å²) in [6, 6.07) is 10.7. The molecule has 0 bridgehead atoms. The maximum atomic E-state index is 12.6. The van der Waals surface area contributed by atoms with E-state index in [1.54, 1.807) is 0 Å². The fraction of sp³-hybridized carbons (Fsp3) is 0.304. The monoisotopic (exact) mass is 489 g/mol. The second kappa shape index (κ2) is 8.16. The number of hydrogen-bond acceptors (Lipinski definition) is 7. The van der Waals surface area contributed by atoms with Gasteiger partial charge < -0.3 is 15.7 Å². The second-order valence-electron chi connectivity index (χ2n) is 8.52. The van der Waals surface area contributed by atoms with Crippen molar-refractivity contribution in [2.45, 2.75) is 36.6 Å². The van der Waals surface area contributed by atoms with Crippen molar-refractivity contribution in [2.75, 3.05) is 24.7 Å². The molecule has 4 rings (SSSR count). The van der Waals surface area contributed by atoms with Crippen molar-refractivity contribution in [3.63, 3.8) is 0 Å². The minimum absolute atomic E-state index is 0.0239. The van der Waals surface area contributed by atoms with Crippen molar-refractivity contribution in [1.29, 1.82) is 0 Å². The summed E-state index contributed by atoms with van der Waals surface area (Å²) in [7, 11) is -1.43. The lowest BCUT2D eigenvalue weighted by molar-refractivity contribution is 0.284. The molecular weight excluding hydrogens is 466 g/mol. The van der Waals surface area contributed by atoms with E-state index in [4.69, 9.17) is 11.6 Å². The van der Waals surface area contributed by atoms with E-state index >= 15 is 0 Å². The summed E-state index contributed by atoms with van der Waals surface area (Å²) in [4.78, 5) is 24.3. The van der Waals surface area contributed by atoms with Gasteiger partial charge in [0.15, 0.2) is 5.75 Å². The van der Waals surface area contributed by atoms with Crippen LogP contribution >= 0.6 is 11.6 Å². The number of benzene rings is 2. The van der Waals surface area contributed by atoms with Crippen LogP contribution in [0.1, 0.15) is 30.4 Å². The summed E-state index contributed by atoms with van der Waals surface area (Å²) < 4.78 is 26.1. The molecule has 174 valence electrons. The molecule has 1 saturated carbocycles. The van der Waals surface area contributed by atoms with Crippen LogP contribution in [0.25, 0.3) is 0 Å². The molecule has 0 spiro atoms. The first-order chi connectivity index (χ1) is 15.5. The number of sulfonamides is 1. The minimum atomic E-state index is -4.06. The molecule has 8 nitrogen and oxygen atoms in total. The third-order valence-corrected chi connectivity index (χ3v) is 8.49. The summed E-state index contributed by atoms with van der Waals surface area (Å²) in [5.74, 6) is -0.632. The fourth-order valence-electron chi connectivity index (χ4n) is 3.97. The molecule has 3 aromatic rings. The molecule has 0 heterocycles. The Morgan fingerprint density at radius 2 is 1.61 bits per heavy atom. The van der Waals surface area contributed by atoms with Crippen molar-refractivity contribution >= 4 is 38.7 Å². The SMILES string of the molecule is Cc1ccc(C2(Nc3c(Nc4ccc(Cl)c(S(=O)(=O)N(C)C)c4O)c(=O)c3=O)CCC2)cc1. The second-order valence-corrected chi connectivity index (χ2v) is 11.0. The zero-order chi connectivity index (χ0) is 24.1. The van der Waals surface area contributed by atoms with Crippen molar-refractivity contribution in [3.05, 3.63) is 73.0 Å². The molecule has 0 aromatic heterocycles. The van der Waals surface area contributed by atoms with Gasteiger partial charge in [0.25, 0.3) is 10.9 Å². The predicted octanol–water partition coefficient (Wildman–Crippen LogP) is 3.44. The van der Waals surface area contributed by atoms with Crippen molar-refractivity contribution in [2.24, 2.45) is 0 Å². The average Bonchev–Trinajstić information content (AvgIpc) is 2.73. The smallest absolute Gasteiger partial charge is 0.253 e. The van der Waals surface area contributed by atoms with Gasteiger partial charge in [0.1, 0.15) is 16.3 Å². The number of nitrogens with one attached hydrogen (secondary N) is 2. The normalized spacial score (nSPS) is 15.4. The summed E-state index contributed by atoms with van der Waals surface area (Å²) in [6.45, 7) is 1.99. The lowest BCUT2D eigenvalue weighted by atomic mass is 9.71. The van der Waals surface area contributed by atoms with Gasteiger partial charge in [0.05, 0.1) is 16.2 Å². The lowest BCUT2D eigenvalue weighted by Gasteiger charge is -2.44. The Bertz CT molecular complexity index is 1400. The van der Waals surface area contributed by atoms with E-state index in [9.17, 15) is 23.1 Å². The van der Waals surface area contributed by atoms with Gasteiger partial charge in [0, 0.05) is 14.1 Å². The van der Waals surface area contributed by atoms with Gasteiger partial charge in [-0.2, -0.15) is 0 Å². The van der Waals surface area contributed by atoms with Gasteiger partial charge in [-0.3, -0.25) is 9.59 Å². The van der Waals surface area contributed by atoms with Crippen LogP contribution in [0.5, 0.6) is 5.75 Å². The largest absolute Gasteiger partial charge is 0.504 e. The third kappa shape index (κ3) is 3.80. The van der Waals surface area contributed by atoms with Gasteiger partial charge in [-0.15, -0.1) is 0 Å². The Hall–Kier alpha value is -2.88. The summed E-state index contributed by atoms with van der Waals surface area (Å²) >= 11 is 6.05. The molecule has 1 fully saturated rings. The van der Waals surface area contributed by atoms with Crippen LogP contribution in [0.15, 0.2) is 50.9 Å². The molecule has 0 saturated heterocycles. The van der Waals surface area contributed by atoms with Gasteiger partial charge >= 0.3 is 0 Å². The first kappa shape index (κ1) is 23.3. The highest BCUT2D eigenvalue weighted by molar-refractivity contribution is 7.89. The zero-order valence-corrected chi connectivity index (χ0v) is 20.0. The molecule has 33 heavy (non-hydrogen) atoms. The van der Waals surface area contributed by atoms with Gasteiger partial charge in [-0.05, 0) is 43.9 Å². The summed E-state index contributed by atoms with van der Waals surface area (Å²) in [6.07, 6.45) is 2.57. The number of hydrogen-bond donors (Lipinski definition) is 3. The van der Waals surface area contributed by atoms with E-state index in [1.807, 2.05) is 31.2 Å². The van der Waals surface area contributed by atoms with Crippen LogP contribution < -0.4 is 21.5 Å². The highest BCUT2D eigenvalue weighted by Gasteiger charge is 2.41. The van der Waals surface area contributed by atoms with Gasteiger partial charge in [0.2, 0.25) is 10.0 Å². The quantitative estimate of drug-likeness (QED) is 0.344. The third-order valence-electron chi connectivity index (χ3n) is 6.17. The molecule has 0 aliphatic heterocycles. The fourth-order valence-corrected chi connectivity index (χ4v) is 5.45. The molecule has 1 aliphatic rings. The van der Waals surface area contributed by atoms with Crippen LogP contribution in [-0.2, 0) is 15.6 Å². The number of aryl methyl sites for hydroxylation is 1. The maximum absolute atomic E-state index is 12.6. The molecular formula is C23H24ClN3O5S. The Kier molecular flexibility index (Phi) is 5.76. The van der Waals surface area contributed by atoms with Gasteiger partial charge in [-0.1, -0.05) is 41.4 Å². The van der Waals surface area contributed by atoms with E-state index in [-0.39, 0.29) is 22.1 Å². The van der Waals surface area contributed by atoms with Crippen molar-refractivity contribution in [3.8, 4) is 5.75 Å². The Morgan fingerprint density at radius 1 is 1.00 bits per heavy atom. The summed E-state index contributed by atoms with van der Waals surface area (Å²) in [5, 5.41) is 16.5. The number of aromatic hydroxyl groups is 1. The molecule has 0 radical (unpaired) electrons. The lowest BCUT2D eigenvalue weighted by Crippen LogP contribution is -2.47. The molecule has 0 unspecified atom stereocenters. The van der Waals surface area contributed by atoms with Crippen molar-refractivity contribution < 1.29 is 13.5 Å². The summed E-state index contributed by atoms with van der Waals surface area (Å²) in [5.41, 5.74) is 0.309. The Balaban J connectivity index is 1.70. The minimum Gasteiger partial charge on any atom is -0.504 e.